The molecule has 0 aromatic heterocycles. The molecule has 0 heterocycles. The molecule has 2 amide bonds. The molecule has 0 bridgehead atoms. The van der Waals surface area contributed by atoms with Gasteiger partial charge in [0, 0.05) is 38.5 Å². The minimum absolute atomic E-state index is 0.0316. The Morgan fingerprint density at radius 1 is 0.900 bits per heavy atom. The number of sulfonamides is 1. The van der Waals surface area contributed by atoms with Crippen LogP contribution in [0.5, 0.6) is 0 Å². The van der Waals surface area contributed by atoms with Gasteiger partial charge in [-0.1, -0.05) is 67.6 Å². The number of nitrogens with one attached hydrogen (secondary N) is 1. The lowest BCUT2D eigenvalue weighted by atomic mass is 10.0. The Balaban J connectivity index is 1.85. The zero-order chi connectivity index (χ0) is 29.1. The van der Waals surface area contributed by atoms with E-state index in [4.69, 9.17) is 0 Å². The van der Waals surface area contributed by atoms with Gasteiger partial charge in [0.2, 0.25) is 21.8 Å². The van der Waals surface area contributed by atoms with Gasteiger partial charge in [-0.25, -0.2) is 17.2 Å². The first-order valence-electron chi connectivity index (χ1n) is 13.2. The molecule has 1 unspecified atom stereocenters. The molecule has 40 heavy (non-hydrogen) atoms. The van der Waals surface area contributed by atoms with Gasteiger partial charge in [-0.05, 0) is 36.1 Å². The third-order valence-electron chi connectivity index (χ3n) is 6.36. The SMILES string of the molecule is CCCNC(=O)C(Cc1ccccc1)N(Cc1ccccc1)C(=O)CCCN(c1ccc(F)c(F)c1)S(C)(=O)=O. The summed E-state index contributed by atoms with van der Waals surface area (Å²) in [5, 5.41) is 2.91. The van der Waals surface area contributed by atoms with E-state index in [1.807, 2.05) is 67.6 Å². The van der Waals surface area contributed by atoms with Gasteiger partial charge in [0.05, 0.1) is 11.9 Å². The summed E-state index contributed by atoms with van der Waals surface area (Å²) in [5.41, 5.74) is 1.71. The molecule has 1 N–H and O–H groups in total. The minimum atomic E-state index is -3.84. The maximum absolute atomic E-state index is 13.8. The highest BCUT2D eigenvalue weighted by Gasteiger charge is 2.30. The van der Waals surface area contributed by atoms with Crippen molar-refractivity contribution in [2.75, 3.05) is 23.7 Å². The number of nitrogens with zero attached hydrogens (tertiary/aromatic N) is 2. The first kappa shape index (κ1) is 30.7. The largest absolute Gasteiger partial charge is 0.354 e. The maximum atomic E-state index is 13.8. The number of hydrogen-bond acceptors (Lipinski definition) is 4. The van der Waals surface area contributed by atoms with Crippen LogP contribution in [0.25, 0.3) is 0 Å². The second kappa shape index (κ2) is 14.6. The number of anilines is 1. The Bertz CT molecular complexity index is 1370. The van der Waals surface area contributed by atoms with Gasteiger partial charge in [0.1, 0.15) is 6.04 Å². The van der Waals surface area contributed by atoms with Crippen LogP contribution in [0.2, 0.25) is 0 Å². The van der Waals surface area contributed by atoms with Crippen molar-refractivity contribution in [3.05, 3.63) is 102 Å². The zero-order valence-corrected chi connectivity index (χ0v) is 23.5. The molecule has 0 saturated heterocycles. The smallest absolute Gasteiger partial charge is 0.243 e. The average Bonchev–Trinajstić information content (AvgIpc) is 2.93. The van der Waals surface area contributed by atoms with Gasteiger partial charge in [-0.2, -0.15) is 0 Å². The first-order valence-corrected chi connectivity index (χ1v) is 15.0. The fourth-order valence-electron chi connectivity index (χ4n) is 4.34. The van der Waals surface area contributed by atoms with Crippen molar-refractivity contribution in [2.24, 2.45) is 0 Å². The Labute approximate surface area is 234 Å². The van der Waals surface area contributed by atoms with E-state index in [1.54, 1.807) is 0 Å². The van der Waals surface area contributed by atoms with Crippen molar-refractivity contribution >= 4 is 27.5 Å². The van der Waals surface area contributed by atoms with Crippen LogP contribution >= 0.6 is 0 Å². The molecular weight excluding hydrogens is 536 g/mol. The number of rotatable bonds is 14. The van der Waals surface area contributed by atoms with Crippen molar-refractivity contribution in [3.8, 4) is 0 Å². The lowest BCUT2D eigenvalue weighted by Gasteiger charge is -2.32. The molecule has 0 aliphatic heterocycles. The van der Waals surface area contributed by atoms with Gasteiger partial charge in [-0.3, -0.25) is 13.9 Å². The fraction of sp³-hybridized carbons (Fsp3) is 0.333. The fourth-order valence-corrected chi connectivity index (χ4v) is 5.30. The van der Waals surface area contributed by atoms with E-state index in [0.29, 0.717) is 13.0 Å². The average molecular weight is 572 g/mol. The molecule has 0 saturated carbocycles. The molecular formula is C30H35F2N3O4S. The van der Waals surface area contributed by atoms with E-state index in [1.165, 1.54) is 11.0 Å². The second-order valence-electron chi connectivity index (χ2n) is 9.54. The number of benzene rings is 3. The van der Waals surface area contributed by atoms with E-state index >= 15 is 0 Å². The number of carbonyl (C=O) groups excluding carboxylic acids is 2. The van der Waals surface area contributed by atoms with Crippen molar-refractivity contribution < 1.29 is 26.8 Å². The second-order valence-corrected chi connectivity index (χ2v) is 11.4. The van der Waals surface area contributed by atoms with Crippen LogP contribution in [0.15, 0.2) is 78.9 Å². The molecule has 214 valence electrons. The number of hydrogen-bond donors (Lipinski definition) is 1. The quantitative estimate of drug-likeness (QED) is 0.305. The van der Waals surface area contributed by atoms with Crippen LogP contribution in [0.4, 0.5) is 14.5 Å². The highest BCUT2D eigenvalue weighted by molar-refractivity contribution is 7.92. The highest BCUT2D eigenvalue weighted by atomic mass is 32.2. The lowest BCUT2D eigenvalue weighted by Crippen LogP contribution is -2.50. The standard InChI is InChI=1S/C30H35F2N3O4S/c1-3-18-33-30(37)28(20-23-11-6-4-7-12-23)34(22-24-13-8-5-9-14-24)29(36)15-10-19-35(40(2,38)39)25-16-17-26(31)27(32)21-25/h4-9,11-14,16-17,21,28H,3,10,15,18-20,22H2,1-2H3,(H,33,37). The van der Waals surface area contributed by atoms with E-state index in [0.717, 1.165) is 40.2 Å². The molecule has 1 atom stereocenters. The van der Waals surface area contributed by atoms with Crippen LogP contribution in [0, 0.1) is 11.6 Å². The number of halogens is 2. The Hall–Kier alpha value is -3.79. The van der Waals surface area contributed by atoms with Gasteiger partial charge >= 0.3 is 0 Å². The van der Waals surface area contributed by atoms with E-state index < -0.39 is 27.7 Å². The maximum Gasteiger partial charge on any atom is 0.243 e. The molecule has 0 fully saturated rings. The predicted molar refractivity (Wildman–Crippen MR) is 152 cm³/mol. The van der Waals surface area contributed by atoms with E-state index in [9.17, 15) is 26.8 Å². The molecule has 3 rings (SSSR count). The molecule has 0 aliphatic rings. The lowest BCUT2D eigenvalue weighted by molar-refractivity contribution is -0.141. The van der Waals surface area contributed by atoms with Gasteiger partial charge in [0.25, 0.3) is 0 Å². The van der Waals surface area contributed by atoms with Crippen molar-refractivity contribution in [2.45, 2.75) is 45.2 Å². The highest BCUT2D eigenvalue weighted by Crippen LogP contribution is 2.22. The summed E-state index contributed by atoms with van der Waals surface area (Å²) in [5.74, 6) is -2.85. The summed E-state index contributed by atoms with van der Waals surface area (Å²) in [6, 6.07) is 20.8. The summed E-state index contributed by atoms with van der Waals surface area (Å²) < 4.78 is 53.1. The normalized spacial score (nSPS) is 12.0. The third kappa shape index (κ3) is 8.87. The Kier molecular flexibility index (Phi) is 11.2. The zero-order valence-electron chi connectivity index (χ0n) is 22.7. The van der Waals surface area contributed by atoms with Crippen LogP contribution in [0.3, 0.4) is 0 Å². The molecule has 7 nitrogen and oxygen atoms in total. The molecule has 10 heteroatoms. The summed E-state index contributed by atoms with van der Waals surface area (Å²) >= 11 is 0. The summed E-state index contributed by atoms with van der Waals surface area (Å²) in [6.45, 7) is 2.48. The molecule has 0 radical (unpaired) electrons. The van der Waals surface area contributed by atoms with Gasteiger partial charge < -0.3 is 10.2 Å². The van der Waals surface area contributed by atoms with E-state index in [2.05, 4.69) is 5.32 Å². The third-order valence-corrected chi connectivity index (χ3v) is 7.55. The Morgan fingerprint density at radius 2 is 1.52 bits per heavy atom. The molecule has 3 aromatic rings. The molecule has 0 spiro atoms. The molecule has 3 aromatic carbocycles. The van der Waals surface area contributed by atoms with E-state index in [-0.39, 0.29) is 43.4 Å². The van der Waals surface area contributed by atoms with Crippen LogP contribution < -0.4 is 9.62 Å². The Morgan fingerprint density at radius 3 is 2.10 bits per heavy atom. The van der Waals surface area contributed by atoms with Crippen LogP contribution in [-0.2, 0) is 32.6 Å². The number of carbonyl (C=O) groups is 2. The first-order chi connectivity index (χ1) is 19.1. The summed E-state index contributed by atoms with van der Waals surface area (Å²) in [4.78, 5) is 28.6. The van der Waals surface area contributed by atoms with Crippen molar-refractivity contribution in [1.29, 1.82) is 0 Å². The summed E-state index contributed by atoms with van der Waals surface area (Å²) in [7, 11) is -3.84. The minimum Gasteiger partial charge on any atom is -0.354 e. The van der Waals surface area contributed by atoms with Gasteiger partial charge in [-0.15, -0.1) is 0 Å². The summed E-state index contributed by atoms with van der Waals surface area (Å²) in [6.07, 6.45) is 2.05. The topological polar surface area (TPSA) is 86.8 Å². The van der Waals surface area contributed by atoms with Crippen LogP contribution in [0.1, 0.15) is 37.3 Å². The van der Waals surface area contributed by atoms with Gasteiger partial charge in [0.15, 0.2) is 11.6 Å². The number of amides is 2. The molecule has 0 aliphatic carbocycles. The van der Waals surface area contributed by atoms with Crippen molar-refractivity contribution in [1.82, 2.24) is 10.2 Å². The monoisotopic (exact) mass is 571 g/mol. The van der Waals surface area contributed by atoms with Crippen LogP contribution in [-0.4, -0.2) is 50.5 Å². The predicted octanol–water partition coefficient (Wildman–Crippen LogP) is 4.68. The van der Waals surface area contributed by atoms with Crippen molar-refractivity contribution in [3.63, 3.8) is 0 Å².